The minimum Gasteiger partial charge on any atom is -0.225 e. The Hall–Kier alpha value is -0.940. The number of aromatic nitrogens is 1. The summed E-state index contributed by atoms with van der Waals surface area (Å²) in [4.78, 5) is 4.09. The summed E-state index contributed by atoms with van der Waals surface area (Å²) in [7, 11) is -3.15. The lowest BCUT2D eigenvalue weighted by Gasteiger charge is -1.91. The molecular weight excluding hydrogens is 218 g/mol. The Kier molecular flexibility index (Phi) is 2.28. The van der Waals surface area contributed by atoms with Gasteiger partial charge in [0.25, 0.3) is 0 Å². The summed E-state index contributed by atoms with van der Waals surface area (Å²) < 4.78 is 24.2. The molecule has 14 heavy (non-hydrogen) atoms. The Morgan fingerprint density at radius 2 is 2.07 bits per heavy atom. The van der Waals surface area contributed by atoms with E-state index in [1.165, 1.54) is 11.3 Å². The molecule has 0 aliphatic carbocycles. The second-order valence-electron chi connectivity index (χ2n) is 2.85. The second-order valence-corrected chi connectivity index (χ2v) is 6.33. The van der Waals surface area contributed by atoms with Crippen molar-refractivity contribution >= 4 is 31.4 Å². The summed E-state index contributed by atoms with van der Waals surface area (Å²) in [5.41, 5.74) is 0.754. The Morgan fingerprint density at radius 1 is 1.36 bits per heavy atom. The fourth-order valence-electron chi connectivity index (χ4n) is 1.11. The molecule has 0 bridgehead atoms. The number of sulfone groups is 1. The molecule has 0 saturated heterocycles. The summed E-state index contributed by atoms with van der Waals surface area (Å²) in [6.45, 7) is 1.63. The van der Waals surface area contributed by atoms with Crippen molar-refractivity contribution in [2.24, 2.45) is 0 Å². The molecule has 3 nitrogen and oxygen atoms in total. The first kappa shape index (κ1) is 9.61. The zero-order valence-electron chi connectivity index (χ0n) is 7.60. The lowest BCUT2D eigenvalue weighted by Crippen LogP contribution is -2.02. The summed E-state index contributed by atoms with van der Waals surface area (Å²) in [5, 5.41) is 0. The van der Waals surface area contributed by atoms with Gasteiger partial charge in [0.15, 0.2) is 0 Å². The Bertz CT molecular complexity index is 524. The monoisotopic (exact) mass is 227 g/mol. The average molecular weight is 227 g/mol. The first-order valence-electron chi connectivity index (χ1n) is 4.22. The van der Waals surface area contributed by atoms with E-state index in [0.29, 0.717) is 0 Å². The van der Waals surface area contributed by atoms with Crippen LogP contribution in [0, 0.1) is 0 Å². The highest BCUT2D eigenvalue weighted by Crippen LogP contribution is 2.25. The minimum absolute atomic E-state index is 0.104. The molecule has 2 rings (SSSR count). The number of hydrogen-bond donors (Lipinski definition) is 0. The molecule has 1 aromatic heterocycles. The molecule has 2 aromatic rings. The van der Waals surface area contributed by atoms with E-state index in [9.17, 15) is 8.42 Å². The van der Waals surface area contributed by atoms with Gasteiger partial charge in [-0.1, -0.05) is 19.1 Å². The third kappa shape index (κ3) is 1.53. The zero-order chi connectivity index (χ0) is 10.2. The number of fused-ring (bicyclic) bond motifs is 1. The van der Waals surface area contributed by atoms with Crippen LogP contribution in [0.4, 0.5) is 0 Å². The number of benzene rings is 1. The lowest BCUT2D eigenvalue weighted by atomic mass is 10.3. The third-order valence-corrected chi connectivity index (χ3v) is 5.15. The molecule has 0 fully saturated rings. The number of thiazole rings is 1. The quantitative estimate of drug-likeness (QED) is 0.789. The first-order chi connectivity index (χ1) is 6.63. The van der Waals surface area contributed by atoms with Gasteiger partial charge in [-0.2, -0.15) is 0 Å². The highest BCUT2D eigenvalue weighted by atomic mass is 32.2. The van der Waals surface area contributed by atoms with Gasteiger partial charge < -0.3 is 0 Å². The maximum absolute atomic E-state index is 11.5. The molecule has 5 heteroatoms. The van der Waals surface area contributed by atoms with Crippen LogP contribution in [0.2, 0.25) is 0 Å². The topological polar surface area (TPSA) is 47.0 Å². The van der Waals surface area contributed by atoms with Crippen LogP contribution in [0.1, 0.15) is 6.92 Å². The van der Waals surface area contributed by atoms with Crippen molar-refractivity contribution in [3.05, 3.63) is 24.3 Å². The van der Waals surface area contributed by atoms with E-state index in [1.54, 1.807) is 6.92 Å². The summed E-state index contributed by atoms with van der Waals surface area (Å²) >= 11 is 1.23. The number of rotatable bonds is 2. The smallest absolute Gasteiger partial charge is 0.210 e. The van der Waals surface area contributed by atoms with Gasteiger partial charge in [-0.25, -0.2) is 13.4 Å². The molecule has 0 atom stereocenters. The molecule has 74 valence electrons. The third-order valence-electron chi connectivity index (χ3n) is 1.92. The van der Waals surface area contributed by atoms with Crippen LogP contribution in [-0.4, -0.2) is 19.2 Å². The molecule has 1 aromatic carbocycles. The highest BCUT2D eigenvalue weighted by Gasteiger charge is 2.16. The van der Waals surface area contributed by atoms with Crippen molar-refractivity contribution in [3.63, 3.8) is 0 Å². The van der Waals surface area contributed by atoms with E-state index in [1.807, 2.05) is 24.3 Å². The van der Waals surface area contributed by atoms with Crippen LogP contribution in [0.15, 0.2) is 28.6 Å². The fraction of sp³-hybridized carbons (Fsp3) is 0.222. The van der Waals surface area contributed by atoms with Crippen molar-refractivity contribution in [3.8, 4) is 0 Å². The zero-order valence-corrected chi connectivity index (χ0v) is 9.23. The first-order valence-corrected chi connectivity index (χ1v) is 6.68. The van der Waals surface area contributed by atoms with E-state index in [-0.39, 0.29) is 10.1 Å². The molecule has 1 heterocycles. The molecule has 0 saturated carbocycles. The van der Waals surface area contributed by atoms with Crippen molar-refractivity contribution in [2.75, 3.05) is 5.75 Å². The van der Waals surface area contributed by atoms with E-state index in [4.69, 9.17) is 0 Å². The van der Waals surface area contributed by atoms with Crippen molar-refractivity contribution in [2.45, 2.75) is 11.3 Å². The van der Waals surface area contributed by atoms with Crippen LogP contribution < -0.4 is 0 Å². The Labute approximate surface area is 86.3 Å². The minimum atomic E-state index is -3.15. The normalized spacial score (nSPS) is 12.1. The van der Waals surface area contributed by atoms with Crippen molar-refractivity contribution in [1.29, 1.82) is 0 Å². The molecule has 0 N–H and O–H groups in total. The van der Waals surface area contributed by atoms with Crippen molar-refractivity contribution in [1.82, 2.24) is 4.98 Å². The van der Waals surface area contributed by atoms with Gasteiger partial charge in [0, 0.05) is 0 Å². The van der Waals surface area contributed by atoms with E-state index >= 15 is 0 Å². The van der Waals surface area contributed by atoms with Gasteiger partial charge >= 0.3 is 0 Å². The summed E-state index contributed by atoms with van der Waals surface area (Å²) in [6.07, 6.45) is 0. The van der Waals surface area contributed by atoms with Crippen LogP contribution >= 0.6 is 11.3 Å². The molecule has 0 unspecified atom stereocenters. The molecule has 0 spiro atoms. The van der Waals surface area contributed by atoms with Crippen molar-refractivity contribution < 1.29 is 8.42 Å². The predicted molar refractivity (Wildman–Crippen MR) is 57.3 cm³/mol. The second kappa shape index (κ2) is 3.33. The largest absolute Gasteiger partial charge is 0.225 e. The van der Waals surface area contributed by atoms with Crippen LogP contribution in [0.5, 0.6) is 0 Å². The molecule has 0 aliphatic heterocycles. The Morgan fingerprint density at radius 3 is 2.71 bits per heavy atom. The maximum atomic E-state index is 11.5. The van der Waals surface area contributed by atoms with Gasteiger partial charge in [0.05, 0.1) is 16.0 Å². The SMILES string of the molecule is CCS(=O)(=O)c1nc2ccccc2s1. The summed E-state index contributed by atoms with van der Waals surface area (Å²) in [6, 6.07) is 7.43. The predicted octanol–water partition coefficient (Wildman–Crippen LogP) is 2.09. The lowest BCUT2D eigenvalue weighted by molar-refractivity contribution is 0.596. The van der Waals surface area contributed by atoms with E-state index in [2.05, 4.69) is 4.98 Å². The molecule has 0 radical (unpaired) electrons. The van der Waals surface area contributed by atoms with Gasteiger partial charge in [0.1, 0.15) is 0 Å². The standard InChI is InChI=1S/C9H9NO2S2/c1-2-14(11,12)9-10-7-5-3-4-6-8(7)13-9/h3-6H,2H2,1H3. The van der Waals surface area contributed by atoms with Gasteiger partial charge in [-0.05, 0) is 12.1 Å². The molecular formula is C9H9NO2S2. The van der Waals surface area contributed by atoms with Gasteiger partial charge in [0.2, 0.25) is 14.2 Å². The molecule has 0 amide bonds. The van der Waals surface area contributed by atoms with Gasteiger partial charge in [-0.15, -0.1) is 11.3 Å². The van der Waals surface area contributed by atoms with E-state index < -0.39 is 9.84 Å². The molecule has 0 aliphatic rings. The fourth-order valence-corrected chi connectivity index (χ4v) is 3.42. The Balaban J connectivity index is 2.67. The highest BCUT2D eigenvalue weighted by molar-refractivity contribution is 7.93. The number of nitrogens with zero attached hydrogens (tertiary/aromatic N) is 1. The number of hydrogen-bond acceptors (Lipinski definition) is 4. The maximum Gasteiger partial charge on any atom is 0.210 e. The van der Waals surface area contributed by atoms with Crippen LogP contribution in [-0.2, 0) is 9.84 Å². The van der Waals surface area contributed by atoms with Gasteiger partial charge in [-0.3, -0.25) is 0 Å². The van der Waals surface area contributed by atoms with Crippen LogP contribution in [0.25, 0.3) is 10.2 Å². The van der Waals surface area contributed by atoms with E-state index in [0.717, 1.165) is 10.2 Å². The summed E-state index contributed by atoms with van der Waals surface area (Å²) in [5.74, 6) is 0.104. The van der Waals surface area contributed by atoms with Crippen LogP contribution in [0.3, 0.4) is 0 Å². The number of para-hydroxylation sites is 1. The average Bonchev–Trinajstić information content (AvgIpc) is 2.61.